The minimum Gasteiger partial charge on any atom is -0.383 e. The van der Waals surface area contributed by atoms with Crippen LogP contribution in [0.15, 0.2) is 0 Å². The lowest BCUT2D eigenvalue weighted by Crippen LogP contribution is -2.24. The summed E-state index contributed by atoms with van der Waals surface area (Å²) in [4.78, 5) is 8.92. The maximum Gasteiger partial charge on any atom is 0.134 e. The number of rotatable bonds is 5. The van der Waals surface area contributed by atoms with E-state index in [-0.39, 0.29) is 0 Å². The van der Waals surface area contributed by atoms with E-state index in [1.54, 1.807) is 0 Å². The number of hydrogen-bond acceptors (Lipinski definition) is 6. The molecular formula is C13H22N4S2. The Morgan fingerprint density at radius 3 is 2.89 bits per heavy atom. The van der Waals surface area contributed by atoms with E-state index in [0.29, 0.717) is 11.1 Å². The summed E-state index contributed by atoms with van der Waals surface area (Å²) in [6, 6.07) is 0. The van der Waals surface area contributed by atoms with Crippen LogP contribution < -0.4 is 11.1 Å². The molecule has 0 amide bonds. The van der Waals surface area contributed by atoms with Crippen molar-refractivity contribution in [3.63, 3.8) is 0 Å². The first-order chi connectivity index (χ1) is 9.20. The third-order valence-corrected chi connectivity index (χ3v) is 5.93. The molecule has 4 nitrogen and oxygen atoms in total. The number of aromatic nitrogens is 2. The van der Waals surface area contributed by atoms with Crippen LogP contribution in [0.1, 0.15) is 24.7 Å². The molecule has 1 saturated heterocycles. The maximum atomic E-state index is 5.96. The first-order valence-electron chi connectivity index (χ1n) is 6.77. The van der Waals surface area contributed by atoms with Crippen molar-refractivity contribution < 1.29 is 0 Å². The van der Waals surface area contributed by atoms with Crippen molar-refractivity contribution in [2.75, 3.05) is 34.9 Å². The van der Waals surface area contributed by atoms with Crippen LogP contribution in [0.25, 0.3) is 0 Å². The van der Waals surface area contributed by atoms with Gasteiger partial charge in [0.15, 0.2) is 0 Å². The molecule has 0 saturated carbocycles. The summed E-state index contributed by atoms with van der Waals surface area (Å²) < 4.78 is 0. The summed E-state index contributed by atoms with van der Waals surface area (Å²) in [6.45, 7) is 5.07. The molecule has 1 fully saturated rings. The van der Waals surface area contributed by atoms with Gasteiger partial charge in [0, 0.05) is 41.0 Å². The minimum atomic E-state index is 0.603. The molecule has 1 unspecified atom stereocenters. The molecule has 0 aromatic carbocycles. The van der Waals surface area contributed by atoms with Crippen LogP contribution in [0.5, 0.6) is 0 Å². The van der Waals surface area contributed by atoms with Crippen LogP contribution in [-0.2, 0) is 6.42 Å². The largest absolute Gasteiger partial charge is 0.383 e. The third-order valence-electron chi connectivity index (χ3n) is 3.09. The molecule has 0 bridgehead atoms. The van der Waals surface area contributed by atoms with Crippen LogP contribution in [0, 0.1) is 6.92 Å². The summed E-state index contributed by atoms with van der Waals surface area (Å²) in [5.41, 5.74) is 6.93. The monoisotopic (exact) mass is 298 g/mol. The molecule has 2 rings (SSSR count). The van der Waals surface area contributed by atoms with Gasteiger partial charge in [-0.2, -0.15) is 23.5 Å². The van der Waals surface area contributed by atoms with E-state index >= 15 is 0 Å². The van der Waals surface area contributed by atoms with Crippen LogP contribution in [-0.4, -0.2) is 39.0 Å². The average molecular weight is 298 g/mol. The Balaban J connectivity index is 2.01. The molecule has 1 atom stereocenters. The van der Waals surface area contributed by atoms with Gasteiger partial charge in [0.25, 0.3) is 0 Å². The third kappa shape index (κ3) is 4.18. The molecule has 2 heterocycles. The Bertz CT molecular complexity index is 419. The van der Waals surface area contributed by atoms with E-state index in [2.05, 4.69) is 22.2 Å². The number of thioether (sulfide) groups is 2. The lowest BCUT2D eigenvalue weighted by molar-refractivity contribution is 0.832. The van der Waals surface area contributed by atoms with Crippen LogP contribution in [0.2, 0.25) is 0 Å². The summed E-state index contributed by atoms with van der Waals surface area (Å²) in [5, 5.41) is 4.13. The van der Waals surface area contributed by atoms with Crippen molar-refractivity contribution in [1.82, 2.24) is 9.97 Å². The van der Waals surface area contributed by atoms with E-state index in [4.69, 9.17) is 5.73 Å². The lowest BCUT2D eigenvalue weighted by atomic mass is 10.2. The topological polar surface area (TPSA) is 63.8 Å². The zero-order valence-corrected chi connectivity index (χ0v) is 13.2. The van der Waals surface area contributed by atoms with Gasteiger partial charge in [-0.25, -0.2) is 9.97 Å². The quantitative estimate of drug-likeness (QED) is 0.871. The lowest BCUT2D eigenvalue weighted by Gasteiger charge is -2.22. The number of nitrogen functional groups attached to an aromatic ring is 1. The van der Waals surface area contributed by atoms with Crippen LogP contribution >= 0.6 is 23.5 Å². The predicted molar refractivity (Wildman–Crippen MR) is 87.2 cm³/mol. The Hall–Kier alpha value is -0.620. The van der Waals surface area contributed by atoms with E-state index in [1.807, 2.05) is 30.4 Å². The smallest absolute Gasteiger partial charge is 0.134 e. The zero-order chi connectivity index (χ0) is 13.7. The predicted octanol–water partition coefficient (Wildman–Crippen LogP) is 2.58. The van der Waals surface area contributed by atoms with Crippen molar-refractivity contribution in [1.29, 1.82) is 0 Å². The number of aryl methyl sites for hydroxylation is 1. The average Bonchev–Trinajstić information content (AvgIpc) is 2.42. The van der Waals surface area contributed by atoms with E-state index < -0.39 is 0 Å². The second-order valence-corrected chi connectivity index (χ2v) is 7.26. The van der Waals surface area contributed by atoms with Crippen LogP contribution in [0.4, 0.5) is 11.6 Å². The highest BCUT2D eigenvalue weighted by atomic mass is 32.2. The van der Waals surface area contributed by atoms with Crippen molar-refractivity contribution >= 4 is 35.2 Å². The fourth-order valence-corrected chi connectivity index (χ4v) is 4.57. The van der Waals surface area contributed by atoms with Crippen molar-refractivity contribution in [3.05, 3.63) is 11.4 Å². The molecule has 19 heavy (non-hydrogen) atoms. The second-order valence-electron chi connectivity index (χ2n) is 4.70. The number of nitrogens with two attached hydrogens (primary N) is 1. The minimum absolute atomic E-state index is 0.603. The van der Waals surface area contributed by atoms with Gasteiger partial charge >= 0.3 is 0 Å². The Kier molecular flexibility index (Phi) is 5.63. The molecule has 0 aliphatic carbocycles. The summed E-state index contributed by atoms with van der Waals surface area (Å²) in [5.74, 6) is 6.11. The molecule has 1 aromatic rings. The molecule has 6 heteroatoms. The normalized spacial score (nSPS) is 19.4. The van der Waals surface area contributed by atoms with Crippen molar-refractivity contribution in [2.45, 2.75) is 31.9 Å². The number of hydrogen-bond donors (Lipinski definition) is 2. The van der Waals surface area contributed by atoms with Crippen molar-refractivity contribution in [3.8, 4) is 0 Å². The van der Waals surface area contributed by atoms with Gasteiger partial charge in [-0.3, -0.25) is 0 Å². The maximum absolute atomic E-state index is 5.96. The molecule has 3 N–H and O–H groups in total. The van der Waals surface area contributed by atoms with Gasteiger partial charge in [0.2, 0.25) is 0 Å². The number of nitrogens with one attached hydrogen (secondary N) is 1. The number of anilines is 2. The van der Waals surface area contributed by atoms with Gasteiger partial charge in [-0.1, -0.05) is 6.92 Å². The highest BCUT2D eigenvalue weighted by Crippen LogP contribution is 2.25. The van der Waals surface area contributed by atoms with Crippen LogP contribution in [0.3, 0.4) is 0 Å². The van der Waals surface area contributed by atoms with E-state index in [0.717, 1.165) is 36.6 Å². The molecule has 0 radical (unpaired) electrons. The molecule has 1 aliphatic rings. The highest BCUT2D eigenvalue weighted by molar-refractivity contribution is 8.06. The molecule has 1 aliphatic heterocycles. The molecule has 106 valence electrons. The molecule has 1 aromatic heterocycles. The van der Waals surface area contributed by atoms with Gasteiger partial charge < -0.3 is 11.1 Å². The van der Waals surface area contributed by atoms with Gasteiger partial charge in [0.05, 0.1) is 0 Å². The standard InChI is InChI=1S/C13H22N4S2/c1-3-4-11-16-12(14)9(2)13(17-11)15-7-10-8-18-5-6-19-10/h10H,3-8H2,1-2H3,(H3,14,15,16,17). The van der Waals surface area contributed by atoms with E-state index in [9.17, 15) is 0 Å². The zero-order valence-electron chi connectivity index (χ0n) is 11.6. The van der Waals surface area contributed by atoms with Crippen molar-refractivity contribution in [2.24, 2.45) is 0 Å². The second kappa shape index (κ2) is 7.24. The SMILES string of the molecule is CCCc1nc(N)c(C)c(NCC2CSCCS2)n1. The fourth-order valence-electron chi connectivity index (χ4n) is 1.95. The van der Waals surface area contributed by atoms with E-state index in [1.165, 1.54) is 17.3 Å². The fraction of sp³-hybridized carbons (Fsp3) is 0.692. The number of nitrogens with zero attached hydrogens (tertiary/aromatic N) is 2. The first kappa shape index (κ1) is 14.8. The highest BCUT2D eigenvalue weighted by Gasteiger charge is 2.15. The summed E-state index contributed by atoms with van der Waals surface area (Å²) in [6.07, 6.45) is 1.92. The summed E-state index contributed by atoms with van der Waals surface area (Å²) >= 11 is 4.09. The Morgan fingerprint density at radius 1 is 1.37 bits per heavy atom. The van der Waals surface area contributed by atoms with Gasteiger partial charge in [-0.15, -0.1) is 0 Å². The Morgan fingerprint density at radius 2 is 2.21 bits per heavy atom. The molecular weight excluding hydrogens is 276 g/mol. The summed E-state index contributed by atoms with van der Waals surface area (Å²) in [7, 11) is 0. The van der Waals surface area contributed by atoms with Gasteiger partial charge in [0.1, 0.15) is 17.5 Å². The Labute approximate surface area is 123 Å². The first-order valence-corrected chi connectivity index (χ1v) is 8.97. The molecule has 0 spiro atoms. The van der Waals surface area contributed by atoms with Gasteiger partial charge in [-0.05, 0) is 13.3 Å².